The Labute approximate surface area is 150 Å². The average Bonchev–Trinajstić information content (AvgIpc) is 2.83. The lowest BCUT2D eigenvalue weighted by Crippen LogP contribution is -2.45. The van der Waals surface area contributed by atoms with Gasteiger partial charge in [0.1, 0.15) is 0 Å². The number of amides is 2. The van der Waals surface area contributed by atoms with Gasteiger partial charge >= 0.3 is 0 Å². The van der Waals surface area contributed by atoms with Crippen LogP contribution in [-0.4, -0.2) is 35.6 Å². The van der Waals surface area contributed by atoms with Crippen LogP contribution in [0.5, 0.6) is 0 Å². The standard InChI is InChI=1S/C20H30N2O3/c1-16-6-8-17(9-7-16)10-11-18(23)21-14-19(24)22-15-20(25)12-4-2-3-5-13-20/h6-9,25H,2-5,10-15H2,1H3,(H,21,23)(H,22,24). The van der Waals surface area contributed by atoms with Crippen LogP contribution in [0.25, 0.3) is 0 Å². The molecule has 25 heavy (non-hydrogen) atoms. The van der Waals surface area contributed by atoms with Crippen LogP contribution in [0.3, 0.4) is 0 Å². The molecule has 2 rings (SSSR count). The second-order valence-electron chi connectivity index (χ2n) is 7.18. The van der Waals surface area contributed by atoms with E-state index in [-0.39, 0.29) is 24.9 Å². The first-order valence-electron chi connectivity index (χ1n) is 9.28. The van der Waals surface area contributed by atoms with Gasteiger partial charge in [-0.1, -0.05) is 55.5 Å². The molecule has 138 valence electrons. The summed E-state index contributed by atoms with van der Waals surface area (Å²) in [6.07, 6.45) is 6.78. The van der Waals surface area contributed by atoms with E-state index in [2.05, 4.69) is 10.6 Å². The normalized spacial score (nSPS) is 16.7. The van der Waals surface area contributed by atoms with Gasteiger partial charge in [0.05, 0.1) is 12.1 Å². The van der Waals surface area contributed by atoms with E-state index in [0.717, 1.165) is 44.1 Å². The smallest absolute Gasteiger partial charge is 0.239 e. The molecule has 3 N–H and O–H groups in total. The maximum atomic E-state index is 11.9. The molecule has 0 radical (unpaired) electrons. The van der Waals surface area contributed by atoms with Crippen LogP contribution in [0.1, 0.15) is 56.1 Å². The van der Waals surface area contributed by atoms with Crippen LogP contribution in [0.4, 0.5) is 0 Å². The molecule has 1 aromatic rings. The van der Waals surface area contributed by atoms with Crippen molar-refractivity contribution >= 4 is 11.8 Å². The number of carbonyl (C=O) groups is 2. The number of benzene rings is 1. The maximum Gasteiger partial charge on any atom is 0.239 e. The average molecular weight is 346 g/mol. The van der Waals surface area contributed by atoms with E-state index in [0.29, 0.717) is 12.8 Å². The van der Waals surface area contributed by atoms with Crippen molar-refractivity contribution in [2.24, 2.45) is 0 Å². The highest BCUT2D eigenvalue weighted by Crippen LogP contribution is 2.26. The summed E-state index contributed by atoms with van der Waals surface area (Å²) in [5, 5.41) is 15.9. The summed E-state index contributed by atoms with van der Waals surface area (Å²) >= 11 is 0. The largest absolute Gasteiger partial charge is 0.388 e. The van der Waals surface area contributed by atoms with Crippen molar-refractivity contribution in [1.29, 1.82) is 0 Å². The van der Waals surface area contributed by atoms with Gasteiger partial charge in [-0.2, -0.15) is 0 Å². The molecule has 5 heteroatoms. The minimum atomic E-state index is -0.790. The van der Waals surface area contributed by atoms with Gasteiger partial charge in [-0.05, 0) is 31.7 Å². The fourth-order valence-electron chi connectivity index (χ4n) is 3.17. The molecular weight excluding hydrogens is 316 g/mol. The number of carbonyl (C=O) groups excluding carboxylic acids is 2. The maximum absolute atomic E-state index is 11.9. The highest BCUT2D eigenvalue weighted by atomic mass is 16.3. The third kappa shape index (κ3) is 7.26. The topological polar surface area (TPSA) is 78.4 Å². The molecule has 2 amide bonds. The number of rotatable bonds is 7. The lowest BCUT2D eigenvalue weighted by molar-refractivity contribution is -0.126. The minimum Gasteiger partial charge on any atom is -0.388 e. The zero-order valence-corrected chi connectivity index (χ0v) is 15.1. The van der Waals surface area contributed by atoms with E-state index >= 15 is 0 Å². The Balaban J connectivity index is 1.63. The Morgan fingerprint density at radius 2 is 1.64 bits per heavy atom. The Hall–Kier alpha value is -1.88. The predicted octanol–water partition coefficient (Wildman–Crippen LogP) is 2.25. The Kier molecular flexibility index (Phi) is 7.44. The van der Waals surface area contributed by atoms with Gasteiger partial charge in [-0.25, -0.2) is 0 Å². The Morgan fingerprint density at radius 1 is 1.00 bits per heavy atom. The SMILES string of the molecule is Cc1ccc(CCC(=O)NCC(=O)NCC2(O)CCCCCC2)cc1. The molecule has 1 aliphatic rings. The van der Waals surface area contributed by atoms with E-state index in [1.54, 1.807) is 0 Å². The van der Waals surface area contributed by atoms with Gasteiger partial charge < -0.3 is 15.7 Å². The van der Waals surface area contributed by atoms with Crippen molar-refractivity contribution in [2.75, 3.05) is 13.1 Å². The molecule has 0 bridgehead atoms. The van der Waals surface area contributed by atoms with E-state index in [1.807, 2.05) is 31.2 Å². The summed E-state index contributed by atoms with van der Waals surface area (Å²) in [7, 11) is 0. The van der Waals surface area contributed by atoms with E-state index < -0.39 is 5.60 Å². The lowest BCUT2D eigenvalue weighted by atomic mass is 9.94. The van der Waals surface area contributed by atoms with Crippen LogP contribution in [0.15, 0.2) is 24.3 Å². The van der Waals surface area contributed by atoms with Crippen molar-refractivity contribution < 1.29 is 14.7 Å². The summed E-state index contributed by atoms with van der Waals surface area (Å²) in [5.41, 5.74) is 1.52. The summed E-state index contributed by atoms with van der Waals surface area (Å²) in [4.78, 5) is 23.8. The van der Waals surface area contributed by atoms with E-state index in [1.165, 1.54) is 5.56 Å². The summed E-state index contributed by atoms with van der Waals surface area (Å²) in [5.74, 6) is -0.384. The molecule has 1 fully saturated rings. The molecule has 1 saturated carbocycles. The highest BCUT2D eigenvalue weighted by Gasteiger charge is 2.28. The van der Waals surface area contributed by atoms with E-state index in [9.17, 15) is 14.7 Å². The van der Waals surface area contributed by atoms with Crippen LogP contribution in [0.2, 0.25) is 0 Å². The lowest BCUT2D eigenvalue weighted by Gasteiger charge is -2.26. The van der Waals surface area contributed by atoms with Gasteiger partial charge in [-0.3, -0.25) is 9.59 Å². The van der Waals surface area contributed by atoms with Gasteiger partial charge in [0.25, 0.3) is 0 Å². The molecule has 1 aliphatic carbocycles. The third-order valence-electron chi connectivity index (χ3n) is 4.86. The first-order chi connectivity index (χ1) is 12.0. The Morgan fingerprint density at radius 3 is 2.28 bits per heavy atom. The molecule has 0 spiro atoms. The Bertz CT molecular complexity index is 561. The molecular formula is C20H30N2O3. The zero-order chi connectivity index (χ0) is 18.1. The van der Waals surface area contributed by atoms with Crippen molar-refractivity contribution in [3.63, 3.8) is 0 Å². The van der Waals surface area contributed by atoms with Crippen molar-refractivity contribution in [2.45, 2.75) is 63.9 Å². The quantitative estimate of drug-likeness (QED) is 0.663. The van der Waals surface area contributed by atoms with Crippen LogP contribution in [0, 0.1) is 6.92 Å². The van der Waals surface area contributed by atoms with Gasteiger partial charge in [0.15, 0.2) is 0 Å². The molecule has 5 nitrogen and oxygen atoms in total. The third-order valence-corrected chi connectivity index (χ3v) is 4.86. The summed E-state index contributed by atoms with van der Waals surface area (Å²) in [6.45, 7) is 2.26. The predicted molar refractivity (Wildman–Crippen MR) is 98.2 cm³/mol. The van der Waals surface area contributed by atoms with Gasteiger partial charge in [0.2, 0.25) is 11.8 Å². The van der Waals surface area contributed by atoms with Gasteiger partial charge in [0, 0.05) is 13.0 Å². The minimum absolute atomic E-state index is 0.0389. The summed E-state index contributed by atoms with van der Waals surface area (Å²) in [6, 6.07) is 8.09. The van der Waals surface area contributed by atoms with Crippen LogP contribution in [-0.2, 0) is 16.0 Å². The number of hydrogen-bond donors (Lipinski definition) is 3. The van der Waals surface area contributed by atoms with Crippen LogP contribution < -0.4 is 10.6 Å². The first kappa shape index (κ1) is 19.4. The molecule has 0 aliphatic heterocycles. The fraction of sp³-hybridized carbons (Fsp3) is 0.600. The fourth-order valence-corrected chi connectivity index (χ4v) is 3.17. The van der Waals surface area contributed by atoms with Crippen LogP contribution >= 0.6 is 0 Å². The molecule has 0 heterocycles. The number of hydrogen-bond acceptors (Lipinski definition) is 3. The van der Waals surface area contributed by atoms with E-state index in [4.69, 9.17) is 0 Å². The number of aryl methyl sites for hydroxylation is 2. The number of aliphatic hydroxyl groups is 1. The van der Waals surface area contributed by atoms with Crippen molar-refractivity contribution in [3.05, 3.63) is 35.4 Å². The van der Waals surface area contributed by atoms with Crippen molar-refractivity contribution in [3.8, 4) is 0 Å². The molecule has 1 aromatic carbocycles. The molecule has 0 unspecified atom stereocenters. The molecule has 0 atom stereocenters. The molecule has 0 saturated heterocycles. The molecule has 0 aromatic heterocycles. The second-order valence-corrected chi connectivity index (χ2v) is 7.18. The monoisotopic (exact) mass is 346 g/mol. The highest BCUT2D eigenvalue weighted by molar-refractivity contribution is 5.84. The first-order valence-corrected chi connectivity index (χ1v) is 9.28. The zero-order valence-electron chi connectivity index (χ0n) is 15.1. The van der Waals surface area contributed by atoms with Crippen molar-refractivity contribution in [1.82, 2.24) is 10.6 Å². The second kappa shape index (κ2) is 9.56. The summed E-state index contributed by atoms with van der Waals surface area (Å²) < 4.78 is 0. The number of nitrogens with one attached hydrogen (secondary N) is 2. The van der Waals surface area contributed by atoms with Gasteiger partial charge in [-0.15, -0.1) is 0 Å².